The van der Waals surface area contributed by atoms with Gasteiger partial charge in [0.1, 0.15) is 5.75 Å². The summed E-state index contributed by atoms with van der Waals surface area (Å²) in [5.74, 6) is 1.18. The van der Waals surface area contributed by atoms with Crippen LogP contribution in [0.15, 0.2) is 18.2 Å². The zero-order chi connectivity index (χ0) is 12.4. The highest BCUT2D eigenvalue weighted by Crippen LogP contribution is 2.23. The fraction of sp³-hybridized carbons (Fsp3) is 0.417. The van der Waals surface area contributed by atoms with Gasteiger partial charge >= 0.3 is 0 Å². The lowest BCUT2D eigenvalue weighted by Gasteiger charge is -2.30. The van der Waals surface area contributed by atoms with Crippen LogP contribution in [0.2, 0.25) is 0 Å². The number of phenolic OH excluding ortho intramolecular Hbond substituents is 1. The van der Waals surface area contributed by atoms with Crippen molar-refractivity contribution in [3.05, 3.63) is 27.3 Å². The summed E-state index contributed by atoms with van der Waals surface area (Å²) < 4.78 is 0.765. The molecule has 1 atom stereocenters. The van der Waals surface area contributed by atoms with Crippen LogP contribution in [0.3, 0.4) is 0 Å². The summed E-state index contributed by atoms with van der Waals surface area (Å²) in [6, 6.07) is 5.10. The van der Waals surface area contributed by atoms with Gasteiger partial charge in [0.05, 0.1) is 3.57 Å². The zero-order valence-corrected chi connectivity index (χ0v) is 12.5. The van der Waals surface area contributed by atoms with Gasteiger partial charge in [0.2, 0.25) is 0 Å². The van der Waals surface area contributed by atoms with Gasteiger partial charge in [0.25, 0.3) is 5.91 Å². The van der Waals surface area contributed by atoms with E-state index in [1.165, 1.54) is 0 Å². The first-order valence-corrected chi connectivity index (χ1v) is 7.60. The largest absolute Gasteiger partial charge is 0.507 e. The molecule has 1 unspecified atom stereocenters. The van der Waals surface area contributed by atoms with E-state index in [2.05, 4.69) is 6.92 Å². The Morgan fingerprint density at radius 2 is 2.35 bits per heavy atom. The third-order valence-corrected chi connectivity index (χ3v) is 4.77. The van der Waals surface area contributed by atoms with E-state index in [4.69, 9.17) is 0 Å². The number of hydrogen-bond donors (Lipinski definition) is 1. The number of aromatic hydroxyl groups is 1. The van der Waals surface area contributed by atoms with E-state index in [0.29, 0.717) is 10.8 Å². The number of phenols is 1. The molecule has 0 aromatic heterocycles. The highest BCUT2D eigenvalue weighted by atomic mass is 127. The SMILES string of the molecule is CC1CN(C(=O)c2ccc(I)c(O)c2)CCS1. The van der Waals surface area contributed by atoms with Crippen molar-refractivity contribution in [1.82, 2.24) is 4.90 Å². The highest BCUT2D eigenvalue weighted by molar-refractivity contribution is 14.1. The van der Waals surface area contributed by atoms with Gasteiger partial charge in [-0.25, -0.2) is 0 Å². The van der Waals surface area contributed by atoms with Crippen molar-refractivity contribution in [3.8, 4) is 5.75 Å². The first kappa shape index (κ1) is 13.0. The Bertz CT molecular complexity index is 439. The van der Waals surface area contributed by atoms with Crippen molar-refractivity contribution < 1.29 is 9.90 Å². The summed E-state index contributed by atoms with van der Waals surface area (Å²) in [6.07, 6.45) is 0. The molecule has 1 aliphatic heterocycles. The molecule has 92 valence electrons. The number of rotatable bonds is 1. The van der Waals surface area contributed by atoms with Crippen LogP contribution in [0, 0.1) is 3.57 Å². The molecule has 1 aliphatic rings. The summed E-state index contributed by atoms with van der Waals surface area (Å²) in [6.45, 7) is 3.71. The summed E-state index contributed by atoms with van der Waals surface area (Å²) in [5, 5.41) is 10.1. The minimum Gasteiger partial charge on any atom is -0.507 e. The van der Waals surface area contributed by atoms with E-state index in [1.54, 1.807) is 18.2 Å². The van der Waals surface area contributed by atoms with Gasteiger partial charge in [0, 0.05) is 29.7 Å². The standard InChI is InChI=1S/C12H14INO2S/c1-8-7-14(4-5-17-8)12(16)9-2-3-10(13)11(15)6-9/h2-3,6,8,15H,4-5,7H2,1H3. The Morgan fingerprint density at radius 1 is 1.59 bits per heavy atom. The summed E-state index contributed by atoms with van der Waals surface area (Å²) in [5.41, 5.74) is 0.571. The van der Waals surface area contributed by atoms with Crippen LogP contribution >= 0.6 is 34.4 Å². The number of amides is 1. The number of nitrogens with zero attached hydrogens (tertiary/aromatic N) is 1. The Hall–Kier alpha value is -0.430. The van der Waals surface area contributed by atoms with Gasteiger partial charge in [-0.05, 0) is 40.8 Å². The maximum Gasteiger partial charge on any atom is 0.254 e. The van der Waals surface area contributed by atoms with Crippen LogP contribution in [0.5, 0.6) is 5.75 Å². The molecule has 1 amide bonds. The van der Waals surface area contributed by atoms with Crippen LogP contribution in [0.1, 0.15) is 17.3 Å². The second kappa shape index (κ2) is 5.48. The van der Waals surface area contributed by atoms with E-state index in [9.17, 15) is 9.90 Å². The molecule has 3 nitrogen and oxygen atoms in total. The van der Waals surface area contributed by atoms with Gasteiger partial charge in [0.15, 0.2) is 0 Å². The molecule has 0 aliphatic carbocycles. The van der Waals surface area contributed by atoms with E-state index < -0.39 is 0 Å². The van der Waals surface area contributed by atoms with E-state index in [0.717, 1.165) is 22.4 Å². The van der Waals surface area contributed by atoms with Gasteiger partial charge in [-0.15, -0.1) is 0 Å². The first-order chi connectivity index (χ1) is 8.08. The number of carbonyl (C=O) groups excluding carboxylic acids is 1. The molecule has 1 heterocycles. The molecule has 17 heavy (non-hydrogen) atoms. The number of thioether (sulfide) groups is 1. The Balaban J connectivity index is 2.15. The van der Waals surface area contributed by atoms with Crippen LogP contribution < -0.4 is 0 Å². The Kier molecular flexibility index (Phi) is 4.19. The zero-order valence-electron chi connectivity index (χ0n) is 9.52. The second-order valence-corrected chi connectivity index (χ2v) is 6.81. The molecule has 1 fully saturated rings. The quantitative estimate of drug-likeness (QED) is 0.780. The van der Waals surface area contributed by atoms with Crippen molar-refractivity contribution in [3.63, 3.8) is 0 Å². The molecule has 2 rings (SSSR count). The average molecular weight is 363 g/mol. The molecule has 1 aromatic rings. The fourth-order valence-electron chi connectivity index (χ4n) is 1.83. The smallest absolute Gasteiger partial charge is 0.254 e. The third kappa shape index (κ3) is 3.07. The summed E-state index contributed by atoms with van der Waals surface area (Å²) >= 11 is 3.94. The van der Waals surface area contributed by atoms with Gasteiger partial charge < -0.3 is 10.0 Å². The van der Waals surface area contributed by atoms with Crippen LogP contribution in [-0.2, 0) is 0 Å². The number of benzene rings is 1. The average Bonchev–Trinajstić information content (AvgIpc) is 2.32. The lowest BCUT2D eigenvalue weighted by atomic mass is 10.2. The third-order valence-electron chi connectivity index (χ3n) is 2.72. The molecular formula is C12H14INO2S. The molecule has 0 radical (unpaired) electrons. The molecule has 0 saturated carbocycles. The molecule has 1 saturated heterocycles. The lowest BCUT2D eigenvalue weighted by Crippen LogP contribution is -2.41. The van der Waals surface area contributed by atoms with Crippen molar-refractivity contribution >= 4 is 40.3 Å². The molecule has 1 aromatic carbocycles. The van der Waals surface area contributed by atoms with E-state index in [-0.39, 0.29) is 11.7 Å². The number of halogens is 1. The number of carbonyl (C=O) groups is 1. The maximum atomic E-state index is 12.2. The van der Waals surface area contributed by atoms with Crippen LogP contribution in [0.4, 0.5) is 0 Å². The van der Waals surface area contributed by atoms with Crippen molar-refractivity contribution in [2.75, 3.05) is 18.8 Å². The van der Waals surface area contributed by atoms with Gasteiger partial charge in [-0.3, -0.25) is 4.79 Å². The first-order valence-electron chi connectivity index (χ1n) is 5.47. The minimum absolute atomic E-state index is 0.0175. The molecule has 1 N–H and O–H groups in total. The van der Waals surface area contributed by atoms with Gasteiger partial charge in [-0.2, -0.15) is 11.8 Å². The summed E-state index contributed by atoms with van der Waals surface area (Å²) in [7, 11) is 0. The normalized spacial score (nSPS) is 20.4. The molecule has 0 bridgehead atoms. The molecule has 0 spiro atoms. The summed E-state index contributed by atoms with van der Waals surface area (Å²) in [4.78, 5) is 14.1. The maximum absolute atomic E-state index is 12.2. The highest BCUT2D eigenvalue weighted by Gasteiger charge is 2.22. The predicted octanol–water partition coefficient (Wildman–Crippen LogP) is 2.57. The van der Waals surface area contributed by atoms with E-state index >= 15 is 0 Å². The lowest BCUT2D eigenvalue weighted by molar-refractivity contribution is 0.0762. The van der Waals surface area contributed by atoms with Crippen molar-refractivity contribution in [1.29, 1.82) is 0 Å². The Morgan fingerprint density at radius 3 is 3.00 bits per heavy atom. The van der Waals surface area contributed by atoms with Crippen LogP contribution in [0.25, 0.3) is 0 Å². The van der Waals surface area contributed by atoms with Crippen molar-refractivity contribution in [2.45, 2.75) is 12.2 Å². The van der Waals surface area contributed by atoms with Crippen LogP contribution in [-0.4, -0.2) is 40.0 Å². The number of hydrogen-bond acceptors (Lipinski definition) is 3. The van der Waals surface area contributed by atoms with E-state index in [1.807, 2.05) is 39.3 Å². The topological polar surface area (TPSA) is 40.5 Å². The monoisotopic (exact) mass is 363 g/mol. The van der Waals surface area contributed by atoms with Crippen molar-refractivity contribution in [2.24, 2.45) is 0 Å². The minimum atomic E-state index is 0.0175. The Labute approximate surface area is 119 Å². The van der Waals surface area contributed by atoms with Gasteiger partial charge in [-0.1, -0.05) is 6.92 Å². The molecular weight excluding hydrogens is 349 g/mol. The fourth-order valence-corrected chi connectivity index (χ4v) is 3.18. The second-order valence-electron chi connectivity index (χ2n) is 4.10. The predicted molar refractivity (Wildman–Crippen MR) is 78.6 cm³/mol. The molecule has 5 heteroatoms.